The van der Waals surface area contributed by atoms with E-state index in [0.29, 0.717) is 32.4 Å². The fourth-order valence-corrected chi connectivity index (χ4v) is 5.64. The van der Waals surface area contributed by atoms with E-state index in [4.69, 9.17) is 4.74 Å². The Balaban J connectivity index is 1.15. The molecule has 1 aromatic carbocycles. The van der Waals surface area contributed by atoms with E-state index < -0.39 is 0 Å². The van der Waals surface area contributed by atoms with Crippen molar-refractivity contribution in [2.75, 3.05) is 46.4 Å². The minimum absolute atomic E-state index is 0.0425. The topological polar surface area (TPSA) is 91.0 Å². The van der Waals surface area contributed by atoms with Gasteiger partial charge < -0.3 is 20.3 Å². The third-order valence-electron chi connectivity index (χ3n) is 7.68. The van der Waals surface area contributed by atoms with Crippen molar-refractivity contribution in [2.24, 2.45) is 17.8 Å². The summed E-state index contributed by atoms with van der Waals surface area (Å²) in [5, 5.41) is 6.04. The molecule has 186 valence electrons. The van der Waals surface area contributed by atoms with Gasteiger partial charge in [-0.2, -0.15) is 0 Å². The van der Waals surface area contributed by atoms with Gasteiger partial charge in [-0.3, -0.25) is 14.5 Å². The quantitative estimate of drug-likeness (QED) is 0.576. The van der Waals surface area contributed by atoms with Crippen molar-refractivity contribution < 1.29 is 19.1 Å². The number of amides is 4. The third kappa shape index (κ3) is 6.16. The van der Waals surface area contributed by atoms with Crippen LogP contribution in [0.15, 0.2) is 30.3 Å². The van der Waals surface area contributed by atoms with Gasteiger partial charge in [0, 0.05) is 32.2 Å². The average molecular weight is 471 g/mol. The second kappa shape index (κ2) is 11.8. The summed E-state index contributed by atoms with van der Waals surface area (Å²) in [6.45, 7) is 4.25. The highest BCUT2D eigenvalue weighted by Crippen LogP contribution is 2.33. The van der Waals surface area contributed by atoms with Crippen molar-refractivity contribution in [2.45, 2.75) is 44.6 Å². The molecule has 0 aromatic heterocycles. The summed E-state index contributed by atoms with van der Waals surface area (Å²) < 4.78 is 5.01. The van der Waals surface area contributed by atoms with Gasteiger partial charge in [0.15, 0.2) is 0 Å². The normalized spacial score (nSPS) is 26.1. The first-order valence-corrected chi connectivity index (χ1v) is 12.7. The van der Waals surface area contributed by atoms with Gasteiger partial charge in [0.2, 0.25) is 11.8 Å². The Kier molecular flexibility index (Phi) is 8.56. The number of nitrogens with zero attached hydrogens (tertiary/aromatic N) is 2. The molecule has 4 rings (SSSR count). The van der Waals surface area contributed by atoms with Crippen LogP contribution in [0.25, 0.3) is 0 Å². The van der Waals surface area contributed by atoms with Gasteiger partial charge in [-0.1, -0.05) is 30.3 Å². The van der Waals surface area contributed by atoms with Crippen molar-refractivity contribution in [3.63, 3.8) is 0 Å². The zero-order valence-corrected chi connectivity index (χ0v) is 20.2. The Morgan fingerprint density at radius 1 is 1.09 bits per heavy atom. The molecule has 0 radical (unpaired) electrons. The van der Waals surface area contributed by atoms with Crippen LogP contribution >= 0.6 is 0 Å². The monoisotopic (exact) mass is 470 g/mol. The predicted molar refractivity (Wildman–Crippen MR) is 129 cm³/mol. The molecule has 3 aliphatic rings. The number of imide groups is 1. The van der Waals surface area contributed by atoms with Crippen molar-refractivity contribution in [1.82, 2.24) is 20.4 Å². The lowest BCUT2D eigenvalue weighted by Crippen LogP contribution is -2.62. The van der Waals surface area contributed by atoms with Crippen molar-refractivity contribution in [1.29, 1.82) is 0 Å². The van der Waals surface area contributed by atoms with Crippen LogP contribution in [0.1, 0.15) is 37.7 Å². The van der Waals surface area contributed by atoms with E-state index in [0.717, 1.165) is 32.0 Å². The average Bonchev–Trinajstić information content (AvgIpc) is 2.85. The van der Waals surface area contributed by atoms with Crippen LogP contribution < -0.4 is 10.6 Å². The molecule has 2 saturated heterocycles. The molecule has 1 aliphatic carbocycles. The number of likely N-dealkylation sites (tertiary alicyclic amines) is 1. The summed E-state index contributed by atoms with van der Waals surface area (Å²) >= 11 is 0. The van der Waals surface area contributed by atoms with Crippen LogP contribution in [0.3, 0.4) is 0 Å². The highest BCUT2D eigenvalue weighted by atomic mass is 16.5. The Morgan fingerprint density at radius 2 is 1.85 bits per heavy atom. The van der Waals surface area contributed by atoms with Gasteiger partial charge in [0.1, 0.15) is 0 Å². The molecule has 2 heterocycles. The maximum atomic E-state index is 12.8. The van der Waals surface area contributed by atoms with Gasteiger partial charge in [-0.25, -0.2) is 4.79 Å². The molecule has 1 saturated carbocycles. The van der Waals surface area contributed by atoms with Gasteiger partial charge in [0.05, 0.1) is 19.1 Å². The molecule has 1 aromatic rings. The number of carbonyl (C=O) groups excluding carboxylic acids is 3. The van der Waals surface area contributed by atoms with Gasteiger partial charge >= 0.3 is 6.03 Å². The van der Waals surface area contributed by atoms with Crippen LogP contribution in [0.4, 0.5) is 4.79 Å². The maximum absolute atomic E-state index is 12.8. The lowest BCUT2D eigenvalue weighted by atomic mass is 9.76. The molecule has 0 bridgehead atoms. The zero-order valence-electron chi connectivity index (χ0n) is 20.2. The molecule has 3 fully saturated rings. The van der Waals surface area contributed by atoms with E-state index >= 15 is 0 Å². The maximum Gasteiger partial charge on any atom is 0.324 e. The van der Waals surface area contributed by atoms with Gasteiger partial charge in [0.25, 0.3) is 0 Å². The fraction of sp³-hybridized carbons (Fsp3) is 0.654. The molecule has 8 heteroatoms. The molecular weight excluding hydrogens is 432 g/mol. The van der Waals surface area contributed by atoms with Crippen LogP contribution in [0, 0.1) is 17.8 Å². The van der Waals surface area contributed by atoms with E-state index in [1.807, 2.05) is 0 Å². The van der Waals surface area contributed by atoms with Crippen molar-refractivity contribution in [3.05, 3.63) is 35.9 Å². The van der Waals surface area contributed by atoms with E-state index in [1.54, 1.807) is 7.11 Å². The van der Waals surface area contributed by atoms with Crippen LogP contribution in [-0.4, -0.2) is 80.1 Å². The number of benzene rings is 1. The minimum atomic E-state index is -0.375. The van der Waals surface area contributed by atoms with Crippen molar-refractivity contribution >= 4 is 17.8 Å². The molecule has 2 aliphatic heterocycles. The van der Waals surface area contributed by atoms with Crippen LogP contribution in [0.5, 0.6) is 0 Å². The van der Waals surface area contributed by atoms with E-state index in [-0.39, 0.29) is 42.3 Å². The number of hydrogen-bond donors (Lipinski definition) is 2. The zero-order chi connectivity index (χ0) is 23.9. The second-order valence-corrected chi connectivity index (χ2v) is 9.92. The Bertz CT molecular complexity index is 840. The number of methoxy groups -OCH3 is 1. The van der Waals surface area contributed by atoms with E-state index in [9.17, 15) is 14.4 Å². The summed E-state index contributed by atoms with van der Waals surface area (Å²) in [5.41, 5.74) is 1.42. The Hall–Kier alpha value is -2.45. The van der Waals surface area contributed by atoms with Gasteiger partial charge in [-0.05, 0) is 63.1 Å². The van der Waals surface area contributed by atoms with Crippen LogP contribution in [0.2, 0.25) is 0 Å². The molecule has 3 unspecified atom stereocenters. The molecule has 3 atom stereocenters. The standard InChI is InChI=1S/C26H38N4O4/c1-34-16-15-30-25(32)22-8-7-21(18-23(22)28-26(30)33)24(31)27-11-14-29-12-9-20(10-13-29)17-19-5-3-2-4-6-19/h2-6,20-23H,7-18H2,1H3,(H,27,31)(H,28,33). The number of fused-ring (bicyclic) bond motifs is 1. The fourth-order valence-electron chi connectivity index (χ4n) is 5.64. The van der Waals surface area contributed by atoms with Crippen molar-refractivity contribution in [3.8, 4) is 0 Å². The van der Waals surface area contributed by atoms with Gasteiger partial charge in [-0.15, -0.1) is 0 Å². The Labute approximate surface area is 202 Å². The summed E-state index contributed by atoms with van der Waals surface area (Å²) in [6.07, 6.45) is 5.38. The van der Waals surface area contributed by atoms with E-state index in [2.05, 4.69) is 45.9 Å². The third-order valence-corrected chi connectivity index (χ3v) is 7.68. The summed E-state index contributed by atoms with van der Waals surface area (Å²) in [6, 6.07) is 10.1. The number of hydrogen-bond acceptors (Lipinski definition) is 5. The highest BCUT2D eigenvalue weighted by molar-refractivity contribution is 5.99. The number of nitrogens with one attached hydrogen (secondary N) is 2. The lowest BCUT2D eigenvalue weighted by Gasteiger charge is -2.42. The largest absolute Gasteiger partial charge is 0.383 e. The molecule has 2 N–H and O–H groups in total. The first-order chi connectivity index (χ1) is 16.5. The summed E-state index contributed by atoms with van der Waals surface area (Å²) in [7, 11) is 1.55. The Morgan fingerprint density at radius 3 is 2.59 bits per heavy atom. The summed E-state index contributed by atoms with van der Waals surface area (Å²) in [5.74, 6) is 0.246. The first-order valence-electron chi connectivity index (χ1n) is 12.7. The number of rotatable bonds is 9. The minimum Gasteiger partial charge on any atom is -0.383 e. The van der Waals surface area contributed by atoms with Crippen LogP contribution in [-0.2, 0) is 20.7 Å². The predicted octanol–water partition coefficient (Wildman–Crippen LogP) is 2.04. The number of ether oxygens (including phenoxy) is 1. The molecule has 8 nitrogen and oxygen atoms in total. The number of urea groups is 1. The molecular formula is C26H38N4O4. The first kappa shape index (κ1) is 24.7. The second-order valence-electron chi connectivity index (χ2n) is 9.92. The number of piperidine rings is 1. The SMILES string of the molecule is COCCN1C(=O)NC2CC(C(=O)NCCN3CCC(Cc4ccccc4)CC3)CCC2C1=O. The summed E-state index contributed by atoms with van der Waals surface area (Å²) in [4.78, 5) is 41.5. The molecule has 0 spiro atoms. The lowest BCUT2D eigenvalue weighted by molar-refractivity contribution is -0.139. The van der Waals surface area contributed by atoms with E-state index in [1.165, 1.54) is 23.3 Å². The number of carbonyl (C=O) groups is 3. The smallest absolute Gasteiger partial charge is 0.324 e. The molecule has 4 amide bonds. The highest BCUT2D eigenvalue weighted by Gasteiger charge is 2.45. The molecule has 34 heavy (non-hydrogen) atoms.